The van der Waals surface area contributed by atoms with Crippen molar-refractivity contribution in [2.45, 2.75) is 20.0 Å². The molecule has 1 aromatic carbocycles. The molecular weight excluding hydrogens is 257 g/mol. The van der Waals surface area contributed by atoms with Gasteiger partial charge in [-0.15, -0.1) is 5.10 Å². The predicted octanol–water partition coefficient (Wildman–Crippen LogP) is 2.77. The van der Waals surface area contributed by atoms with Gasteiger partial charge in [-0.2, -0.15) is 18.4 Å². The average Bonchev–Trinajstić information content (AvgIpc) is 2.71. The monoisotopic (exact) mass is 266 g/mol. The summed E-state index contributed by atoms with van der Waals surface area (Å²) in [6.45, 7) is 3.14. The highest BCUT2D eigenvalue weighted by atomic mass is 19.4. The van der Waals surface area contributed by atoms with Crippen molar-refractivity contribution >= 4 is 0 Å². The summed E-state index contributed by atoms with van der Waals surface area (Å²) in [5.41, 5.74) is 1.57. The Bertz CT molecular complexity index is 665. The molecule has 19 heavy (non-hydrogen) atoms. The number of alkyl halides is 3. The van der Waals surface area contributed by atoms with Crippen LogP contribution in [0.4, 0.5) is 13.2 Å². The number of nitriles is 1. The molecule has 0 spiro atoms. The highest BCUT2D eigenvalue weighted by Gasteiger charge is 2.36. The lowest BCUT2D eigenvalue weighted by atomic mass is 10.1. The maximum absolute atomic E-state index is 12.5. The summed E-state index contributed by atoms with van der Waals surface area (Å²) in [7, 11) is 0. The molecule has 2 rings (SSSR count). The van der Waals surface area contributed by atoms with Gasteiger partial charge in [0, 0.05) is 0 Å². The Balaban J connectivity index is 2.54. The van der Waals surface area contributed by atoms with E-state index in [1.54, 1.807) is 19.1 Å². The molecule has 7 heteroatoms. The highest BCUT2D eigenvalue weighted by molar-refractivity contribution is 5.46. The fourth-order valence-corrected chi connectivity index (χ4v) is 1.70. The molecule has 0 saturated carbocycles. The second-order valence-electron chi connectivity index (χ2n) is 4.01. The minimum Gasteiger partial charge on any atom is -0.217 e. The molecule has 0 radical (unpaired) electrons. The minimum atomic E-state index is -4.57. The van der Waals surface area contributed by atoms with Gasteiger partial charge in [0.15, 0.2) is 0 Å². The average molecular weight is 266 g/mol. The van der Waals surface area contributed by atoms with Crippen LogP contribution in [0.3, 0.4) is 0 Å². The largest absolute Gasteiger partial charge is 0.453 e. The molecule has 2 aromatic rings. The molecule has 0 atom stereocenters. The minimum absolute atomic E-state index is 0.139. The zero-order chi connectivity index (χ0) is 14.2. The number of benzene rings is 1. The van der Waals surface area contributed by atoms with Gasteiger partial charge in [0.25, 0.3) is 5.82 Å². The van der Waals surface area contributed by atoms with Crippen LogP contribution in [-0.2, 0) is 6.18 Å². The van der Waals surface area contributed by atoms with Crippen LogP contribution in [0.25, 0.3) is 5.69 Å². The Morgan fingerprint density at radius 1 is 1.26 bits per heavy atom. The maximum Gasteiger partial charge on any atom is 0.453 e. The summed E-state index contributed by atoms with van der Waals surface area (Å²) in [5, 5.41) is 12.2. The molecule has 0 amide bonds. The van der Waals surface area contributed by atoms with Crippen molar-refractivity contribution < 1.29 is 13.2 Å². The van der Waals surface area contributed by atoms with Crippen molar-refractivity contribution in [1.29, 1.82) is 5.26 Å². The molecule has 0 N–H and O–H groups in total. The lowest BCUT2D eigenvalue weighted by Gasteiger charge is -2.07. The fourth-order valence-electron chi connectivity index (χ4n) is 1.70. The van der Waals surface area contributed by atoms with Crippen molar-refractivity contribution in [3.05, 3.63) is 41.0 Å². The Labute approximate surface area is 107 Å². The van der Waals surface area contributed by atoms with Crippen LogP contribution in [-0.4, -0.2) is 14.8 Å². The normalized spacial score (nSPS) is 11.4. The number of aryl methyl sites for hydroxylation is 2. The van der Waals surface area contributed by atoms with E-state index in [1.807, 2.05) is 6.07 Å². The van der Waals surface area contributed by atoms with Gasteiger partial charge in [-0.3, -0.25) is 0 Å². The first-order valence-corrected chi connectivity index (χ1v) is 5.35. The van der Waals surface area contributed by atoms with E-state index in [1.165, 1.54) is 13.0 Å². The number of aromatic nitrogens is 3. The van der Waals surface area contributed by atoms with E-state index in [0.29, 0.717) is 16.8 Å². The van der Waals surface area contributed by atoms with Gasteiger partial charge in [-0.25, -0.2) is 9.67 Å². The van der Waals surface area contributed by atoms with E-state index >= 15 is 0 Å². The van der Waals surface area contributed by atoms with Crippen LogP contribution in [0, 0.1) is 25.2 Å². The zero-order valence-electron chi connectivity index (χ0n) is 10.2. The predicted molar refractivity (Wildman–Crippen MR) is 60.6 cm³/mol. The van der Waals surface area contributed by atoms with Crippen LogP contribution in [0.15, 0.2) is 18.2 Å². The first kappa shape index (κ1) is 13.1. The molecule has 0 aliphatic heterocycles. The van der Waals surface area contributed by atoms with Crippen LogP contribution in [0.1, 0.15) is 22.8 Å². The van der Waals surface area contributed by atoms with E-state index in [2.05, 4.69) is 10.1 Å². The number of hydrogen-bond acceptors (Lipinski definition) is 3. The topological polar surface area (TPSA) is 54.5 Å². The molecule has 4 nitrogen and oxygen atoms in total. The Morgan fingerprint density at radius 3 is 2.42 bits per heavy atom. The van der Waals surface area contributed by atoms with Crippen molar-refractivity contribution in [3.63, 3.8) is 0 Å². The SMILES string of the molecule is Cc1cc(C#N)ccc1-n1nc(C(F)(F)F)nc1C. The van der Waals surface area contributed by atoms with E-state index in [-0.39, 0.29) is 5.82 Å². The number of nitrogens with zero attached hydrogens (tertiary/aromatic N) is 4. The summed E-state index contributed by atoms with van der Waals surface area (Å²) >= 11 is 0. The second-order valence-corrected chi connectivity index (χ2v) is 4.01. The molecule has 0 saturated heterocycles. The Kier molecular flexibility index (Phi) is 3.02. The Hall–Kier alpha value is -2.36. The molecule has 0 unspecified atom stereocenters. The van der Waals surface area contributed by atoms with Crippen molar-refractivity contribution in [2.24, 2.45) is 0 Å². The summed E-state index contributed by atoms with van der Waals surface area (Å²) < 4.78 is 38.7. The van der Waals surface area contributed by atoms with Crippen molar-refractivity contribution in [2.75, 3.05) is 0 Å². The van der Waals surface area contributed by atoms with Crippen LogP contribution in [0.2, 0.25) is 0 Å². The third kappa shape index (κ3) is 2.42. The fraction of sp³-hybridized carbons (Fsp3) is 0.250. The lowest BCUT2D eigenvalue weighted by molar-refractivity contribution is -0.144. The number of halogens is 3. The van der Waals surface area contributed by atoms with Gasteiger partial charge in [-0.1, -0.05) is 0 Å². The molecule has 0 aliphatic carbocycles. The molecule has 0 aliphatic rings. The van der Waals surface area contributed by atoms with Gasteiger partial charge < -0.3 is 0 Å². The summed E-state index contributed by atoms with van der Waals surface area (Å²) in [6, 6.07) is 6.63. The van der Waals surface area contributed by atoms with E-state index < -0.39 is 12.0 Å². The van der Waals surface area contributed by atoms with Gasteiger partial charge >= 0.3 is 6.18 Å². The van der Waals surface area contributed by atoms with Gasteiger partial charge in [-0.05, 0) is 37.6 Å². The number of rotatable bonds is 1. The van der Waals surface area contributed by atoms with Gasteiger partial charge in [0.1, 0.15) is 5.82 Å². The summed E-state index contributed by atoms with van der Waals surface area (Å²) in [6.07, 6.45) is -4.57. The molecular formula is C12H9F3N4. The third-order valence-electron chi connectivity index (χ3n) is 2.58. The third-order valence-corrected chi connectivity index (χ3v) is 2.58. The highest BCUT2D eigenvalue weighted by Crippen LogP contribution is 2.27. The van der Waals surface area contributed by atoms with Gasteiger partial charge in [0.05, 0.1) is 17.3 Å². The smallest absolute Gasteiger partial charge is 0.217 e. The van der Waals surface area contributed by atoms with Gasteiger partial charge in [0.2, 0.25) is 0 Å². The van der Waals surface area contributed by atoms with E-state index in [9.17, 15) is 13.2 Å². The summed E-state index contributed by atoms with van der Waals surface area (Å²) in [5.74, 6) is -1.03. The molecule has 1 aromatic heterocycles. The first-order chi connectivity index (χ1) is 8.82. The van der Waals surface area contributed by atoms with Crippen LogP contribution < -0.4 is 0 Å². The Morgan fingerprint density at radius 2 is 1.95 bits per heavy atom. The summed E-state index contributed by atoms with van der Waals surface area (Å²) in [4.78, 5) is 3.40. The lowest BCUT2D eigenvalue weighted by Crippen LogP contribution is -2.09. The van der Waals surface area contributed by atoms with Crippen LogP contribution in [0.5, 0.6) is 0 Å². The van der Waals surface area contributed by atoms with E-state index in [0.717, 1.165) is 4.68 Å². The van der Waals surface area contributed by atoms with Crippen LogP contribution >= 0.6 is 0 Å². The molecule has 0 fully saturated rings. The maximum atomic E-state index is 12.5. The quantitative estimate of drug-likeness (QED) is 0.797. The molecule has 98 valence electrons. The first-order valence-electron chi connectivity index (χ1n) is 5.35. The van der Waals surface area contributed by atoms with Crippen molar-refractivity contribution in [1.82, 2.24) is 14.8 Å². The standard InChI is InChI=1S/C12H9F3N4/c1-7-5-9(6-16)3-4-10(7)19-8(2)17-11(18-19)12(13,14)15/h3-5H,1-2H3. The van der Waals surface area contributed by atoms with Crippen molar-refractivity contribution in [3.8, 4) is 11.8 Å². The van der Waals surface area contributed by atoms with E-state index in [4.69, 9.17) is 5.26 Å². The second kappa shape index (κ2) is 4.39. The molecule has 1 heterocycles. The number of hydrogen-bond donors (Lipinski definition) is 0. The zero-order valence-corrected chi connectivity index (χ0v) is 10.2. The molecule has 0 bridgehead atoms.